The molecule has 0 atom stereocenters. The normalized spacial score (nSPS) is 12.8. The van der Waals surface area contributed by atoms with Gasteiger partial charge in [-0.2, -0.15) is 0 Å². The van der Waals surface area contributed by atoms with Gasteiger partial charge >= 0.3 is 0 Å². The van der Waals surface area contributed by atoms with Crippen molar-refractivity contribution >= 4 is 17.9 Å². The predicted octanol–water partition coefficient (Wildman–Crippen LogP) is 3.58. The van der Waals surface area contributed by atoms with Crippen LogP contribution in [0.3, 0.4) is 0 Å². The third-order valence-corrected chi connectivity index (χ3v) is 3.27. The molecule has 0 radical (unpaired) electrons. The molecule has 0 N–H and O–H groups in total. The van der Waals surface area contributed by atoms with Crippen LogP contribution in [0.25, 0.3) is 0 Å². The summed E-state index contributed by atoms with van der Waals surface area (Å²) in [6.07, 6.45) is 0.813. The Labute approximate surface area is 119 Å². The first-order valence-electron chi connectivity index (χ1n) is 6.39. The first-order valence-corrected chi connectivity index (χ1v) is 6.39. The molecule has 1 heterocycles. The molecule has 21 heavy (non-hydrogen) atoms. The van der Waals surface area contributed by atoms with E-state index in [0.717, 1.165) is 23.4 Å². The Morgan fingerprint density at radius 3 is 2.76 bits per heavy atom. The van der Waals surface area contributed by atoms with Crippen LogP contribution < -0.4 is 0 Å². The average molecular weight is 287 g/mol. The summed E-state index contributed by atoms with van der Waals surface area (Å²) in [7, 11) is 0. The van der Waals surface area contributed by atoms with Crippen molar-refractivity contribution in [1.82, 2.24) is 0 Å². The second-order valence-electron chi connectivity index (χ2n) is 4.68. The Hall–Kier alpha value is -2.56. The van der Waals surface area contributed by atoms with Crippen LogP contribution in [0.2, 0.25) is 0 Å². The lowest BCUT2D eigenvalue weighted by molar-refractivity contribution is 0.111. The summed E-state index contributed by atoms with van der Waals surface area (Å²) >= 11 is 0. The Balaban J connectivity index is 1.72. The molecule has 0 unspecified atom stereocenters. The van der Waals surface area contributed by atoms with Gasteiger partial charge in [-0.1, -0.05) is 18.2 Å². The van der Waals surface area contributed by atoms with E-state index >= 15 is 0 Å². The van der Waals surface area contributed by atoms with E-state index in [9.17, 15) is 13.6 Å². The highest BCUT2D eigenvalue weighted by molar-refractivity contribution is 5.87. The van der Waals surface area contributed by atoms with E-state index in [4.69, 9.17) is 4.74 Å². The fourth-order valence-electron chi connectivity index (χ4n) is 2.15. The number of aliphatic imine (C=N–C) groups is 1. The molecule has 3 nitrogen and oxygen atoms in total. The molecular formula is C16H11F2NO2. The molecule has 1 aliphatic rings. The number of hydrogen-bond acceptors (Lipinski definition) is 3. The lowest BCUT2D eigenvalue weighted by Gasteiger charge is -2.07. The zero-order valence-corrected chi connectivity index (χ0v) is 11.0. The zero-order chi connectivity index (χ0) is 14.8. The van der Waals surface area contributed by atoms with Crippen molar-refractivity contribution in [3.63, 3.8) is 0 Å². The molecule has 1 aliphatic heterocycles. The summed E-state index contributed by atoms with van der Waals surface area (Å²) in [5.41, 5.74) is 1.62. The van der Waals surface area contributed by atoms with Crippen LogP contribution >= 0.6 is 0 Å². The van der Waals surface area contributed by atoms with Gasteiger partial charge in [0.1, 0.15) is 18.2 Å². The van der Waals surface area contributed by atoms with E-state index in [0.29, 0.717) is 12.3 Å². The van der Waals surface area contributed by atoms with E-state index in [1.54, 1.807) is 0 Å². The summed E-state index contributed by atoms with van der Waals surface area (Å²) in [5, 5.41) is 0. The third-order valence-electron chi connectivity index (χ3n) is 3.27. The van der Waals surface area contributed by atoms with Crippen LogP contribution in [0, 0.1) is 11.6 Å². The SMILES string of the molecule is O=Cc1cc(F)c(COC2=Nc3ccccc3C2)cc1F. The summed E-state index contributed by atoms with van der Waals surface area (Å²) in [5.74, 6) is -0.966. The number of rotatable bonds is 3. The molecule has 0 amide bonds. The van der Waals surface area contributed by atoms with Gasteiger partial charge < -0.3 is 4.74 Å². The second-order valence-corrected chi connectivity index (χ2v) is 4.68. The maximum Gasteiger partial charge on any atom is 0.193 e. The topological polar surface area (TPSA) is 38.7 Å². The predicted molar refractivity (Wildman–Crippen MR) is 73.8 cm³/mol. The lowest BCUT2D eigenvalue weighted by atomic mass is 10.1. The number of carbonyl (C=O) groups excluding carboxylic acids is 1. The Bertz CT molecular complexity index is 741. The summed E-state index contributed by atoms with van der Waals surface area (Å²) in [6, 6.07) is 9.43. The minimum Gasteiger partial charge on any atom is -0.475 e. The van der Waals surface area contributed by atoms with Crippen molar-refractivity contribution in [3.8, 4) is 0 Å². The standard InChI is InChI=1S/C16H11F2NO2/c17-13-6-12(14(18)5-11(13)8-20)9-21-16-7-10-3-1-2-4-15(10)19-16/h1-6,8H,7,9H2. The van der Waals surface area contributed by atoms with E-state index in [-0.39, 0.29) is 24.0 Å². The highest BCUT2D eigenvalue weighted by atomic mass is 19.1. The first kappa shape index (κ1) is 13.4. The van der Waals surface area contributed by atoms with Gasteiger partial charge in [0.05, 0.1) is 17.7 Å². The largest absolute Gasteiger partial charge is 0.475 e. The van der Waals surface area contributed by atoms with E-state index in [2.05, 4.69) is 4.99 Å². The van der Waals surface area contributed by atoms with Crippen molar-refractivity contribution in [2.24, 2.45) is 4.99 Å². The molecule has 0 saturated heterocycles. The first-order chi connectivity index (χ1) is 10.2. The third kappa shape index (κ3) is 2.67. The lowest BCUT2D eigenvalue weighted by Crippen LogP contribution is -2.06. The summed E-state index contributed by atoms with van der Waals surface area (Å²) in [4.78, 5) is 14.8. The molecular weight excluding hydrogens is 276 g/mol. The summed E-state index contributed by atoms with van der Waals surface area (Å²) < 4.78 is 32.6. The van der Waals surface area contributed by atoms with Gasteiger partial charge in [-0.3, -0.25) is 4.79 Å². The molecule has 0 spiro atoms. The van der Waals surface area contributed by atoms with Crippen LogP contribution in [0.15, 0.2) is 41.4 Å². The van der Waals surface area contributed by atoms with Crippen molar-refractivity contribution in [3.05, 3.63) is 64.7 Å². The van der Waals surface area contributed by atoms with Gasteiger partial charge in [0.25, 0.3) is 0 Å². The van der Waals surface area contributed by atoms with E-state index in [1.165, 1.54) is 0 Å². The van der Waals surface area contributed by atoms with Crippen LogP contribution in [-0.4, -0.2) is 12.2 Å². The minimum atomic E-state index is -0.762. The maximum absolute atomic E-state index is 13.7. The van der Waals surface area contributed by atoms with Gasteiger partial charge in [0.15, 0.2) is 12.2 Å². The van der Waals surface area contributed by atoms with E-state index in [1.807, 2.05) is 24.3 Å². The number of para-hydroxylation sites is 1. The van der Waals surface area contributed by atoms with E-state index < -0.39 is 11.6 Å². The van der Waals surface area contributed by atoms with Crippen LogP contribution in [0.4, 0.5) is 14.5 Å². The van der Waals surface area contributed by atoms with Gasteiger partial charge in [0.2, 0.25) is 0 Å². The van der Waals surface area contributed by atoms with Crippen LogP contribution in [0.1, 0.15) is 21.5 Å². The molecule has 3 rings (SSSR count). The minimum absolute atomic E-state index is 0.0526. The number of halogens is 2. The molecule has 0 aromatic heterocycles. The molecule has 106 valence electrons. The Morgan fingerprint density at radius 1 is 1.19 bits per heavy atom. The van der Waals surface area contributed by atoms with Gasteiger partial charge in [-0.05, 0) is 23.8 Å². The molecule has 5 heteroatoms. The molecule has 0 saturated carbocycles. The fourth-order valence-corrected chi connectivity index (χ4v) is 2.15. The highest BCUT2D eigenvalue weighted by Gasteiger charge is 2.16. The molecule has 2 aromatic carbocycles. The number of aldehydes is 1. The van der Waals surface area contributed by atoms with Crippen LogP contribution in [-0.2, 0) is 17.8 Å². The monoisotopic (exact) mass is 287 g/mol. The molecule has 0 fully saturated rings. The van der Waals surface area contributed by atoms with Crippen molar-refractivity contribution in [2.45, 2.75) is 13.0 Å². The second kappa shape index (κ2) is 5.44. The summed E-state index contributed by atoms with van der Waals surface area (Å²) in [6.45, 7) is -0.130. The van der Waals surface area contributed by atoms with Gasteiger partial charge in [-0.15, -0.1) is 0 Å². The van der Waals surface area contributed by atoms with Crippen LogP contribution in [0.5, 0.6) is 0 Å². The van der Waals surface area contributed by atoms with Gasteiger partial charge in [0, 0.05) is 5.56 Å². The maximum atomic E-state index is 13.7. The molecule has 0 aliphatic carbocycles. The number of hydrogen-bond donors (Lipinski definition) is 0. The number of fused-ring (bicyclic) bond motifs is 1. The van der Waals surface area contributed by atoms with Crippen molar-refractivity contribution < 1.29 is 18.3 Å². The Kier molecular flexibility index (Phi) is 3.48. The molecule has 2 aromatic rings. The highest BCUT2D eigenvalue weighted by Crippen LogP contribution is 2.26. The van der Waals surface area contributed by atoms with Crippen molar-refractivity contribution in [2.75, 3.05) is 0 Å². The van der Waals surface area contributed by atoms with Crippen molar-refractivity contribution in [1.29, 1.82) is 0 Å². The number of ether oxygens (including phenoxy) is 1. The Morgan fingerprint density at radius 2 is 2.00 bits per heavy atom. The fraction of sp³-hybridized carbons (Fsp3) is 0.125. The smallest absolute Gasteiger partial charge is 0.193 e. The average Bonchev–Trinajstić information content (AvgIpc) is 2.90. The molecule has 0 bridgehead atoms. The number of benzene rings is 2. The zero-order valence-electron chi connectivity index (χ0n) is 11.0. The quantitative estimate of drug-likeness (QED) is 0.809. The number of carbonyl (C=O) groups is 1. The van der Waals surface area contributed by atoms with Gasteiger partial charge in [-0.25, -0.2) is 13.8 Å². The number of nitrogens with zero attached hydrogens (tertiary/aromatic N) is 1.